The number of rotatable bonds is 6. The molecule has 1 aliphatic heterocycles. The monoisotopic (exact) mass is 401 g/mol. The highest BCUT2D eigenvalue weighted by Gasteiger charge is 2.33. The third kappa shape index (κ3) is 4.93. The molecule has 1 fully saturated rings. The van der Waals surface area contributed by atoms with Crippen LogP contribution in [-0.2, 0) is 11.3 Å². The summed E-state index contributed by atoms with van der Waals surface area (Å²) in [7, 11) is 3.25. The maximum Gasteiger partial charge on any atom is 0.234 e. The Morgan fingerprint density at radius 2 is 1.61 bits per heavy atom. The second kappa shape index (κ2) is 8.35. The van der Waals surface area contributed by atoms with E-state index in [4.69, 9.17) is 14.2 Å². The number of ether oxygens (including phenoxy) is 3. The molecule has 0 saturated carbocycles. The van der Waals surface area contributed by atoms with Gasteiger partial charge in [0.05, 0.1) is 20.0 Å². The van der Waals surface area contributed by atoms with Crippen molar-refractivity contribution in [1.82, 2.24) is 4.90 Å². The highest BCUT2D eigenvalue weighted by molar-refractivity contribution is 8.00. The van der Waals surface area contributed by atoms with Gasteiger partial charge < -0.3 is 19.1 Å². The zero-order valence-corrected chi connectivity index (χ0v) is 17.8. The van der Waals surface area contributed by atoms with Gasteiger partial charge in [-0.3, -0.25) is 4.79 Å². The molecular formula is C22H27NO4S. The first-order chi connectivity index (χ1) is 13.3. The highest BCUT2D eigenvalue weighted by atomic mass is 32.2. The summed E-state index contributed by atoms with van der Waals surface area (Å²) in [6, 6.07) is 13.7. The lowest BCUT2D eigenvalue weighted by Gasteiger charge is -2.25. The summed E-state index contributed by atoms with van der Waals surface area (Å²) in [6.45, 7) is 6.58. The number of hydrogen-bond donors (Lipinski definition) is 0. The average Bonchev–Trinajstić information content (AvgIpc) is 3.01. The average molecular weight is 402 g/mol. The molecule has 1 heterocycles. The molecule has 0 radical (unpaired) electrons. The summed E-state index contributed by atoms with van der Waals surface area (Å²) in [5, 5.41) is -0.0200. The minimum Gasteiger partial charge on any atom is -0.497 e. The van der Waals surface area contributed by atoms with Crippen molar-refractivity contribution in [3.05, 3.63) is 53.6 Å². The maximum absolute atomic E-state index is 12.5. The van der Waals surface area contributed by atoms with E-state index in [0.717, 1.165) is 16.9 Å². The van der Waals surface area contributed by atoms with Gasteiger partial charge >= 0.3 is 0 Å². The number of carbonyl (C=O) groups excluding carboxylic acids is 1. The molecule has 0 bridgehead atoms. The van der Waals surface area contributed by atoms with Gasteiger partial charge in [0.25, 0.3) is 0 Å². The van der Waals surface area contributed by atoms with Crippen LogP contribution >= 0.6 is 11.8 Å². The second-order valence-corrected chi connectivity index (χ2v) is 8.76. The first-order valence-electron chi connectivity index (χ1n) is 9.21. The molecule has 1 atom stereocenters. The van der Waals surface area contributed by atoms with Crippen LogP contribution in [0.15, 0.2) is 42.5 Å². The minimum absolute atomic E-state index is 0.0200. The Morgan fingerprint density at radius 1 is 1.00 bits per heavy atom. The molecule has 1 saturated heterocycles. The normalized spacial score (nSPS) is 17.0. The zero-order chi connectivity index (χ0) is 20.3. The summed E-state index contributed by atoms with van der Waals surface area (Å²) < 4.78 is 16.6. The highest BCUT2D eigenvalue weighted by Crippen LogP contribution is 2.40. The molecule has 1 unspecified atom stereocenters. The topological polar surface area (TPSA) is 48.0 Å². The summed E-state index contributed by atoms with van der Waals surface area (Å²) in [5.74, 6) is 2.87. The largest absolute Gasteiger partial charge is 0.497 e. The number of nitrogens with zero attached hydrogens (tertiary/aromatic N) is 1. The summed E-state index contributed by atoms with van der Waals surface area (Å²) in [4.78, 5) is 14.4. The van der Waals surface area contributed by atoms with Gasteiger partial charge in [-0.05, 0) is 56.2 Å². The predicted molar refractivity (Wildman–Crippen MR) is 112 cm³/mol. The predicted octanol–water partition coefficient (Wildman–Crippen LogP) is 4.66. The number of amides is 1. The Labute approximate surface area is 171 Å². The number of thioether (sulfide) groups is 1. The third-order valence-corrected chi connectivity index (χ3v) is 5.58. The quantitative estimate of drug-likeness (QED) is 0.705. The van der Waals surface area contributed by atoms with Crippen molar-refractivity contribution in [2.24, 2.45) is 0 Å². The van der Waals surface area contributed by atoms with Gasteiger partial charge in [0.15, 0.2) is 0 Å². The van der Waals surface area contributed by atoms with Gasteiger partial charge in [-0.2, -0.15) is 0 Å². The second-order valence-electron chi connectivity index (χ2n) is 7.69. The van der Waals surface area contributed by atoms with E-state index in [2.05, 4.69) is 0 Å². The standard InChI is InChI=1S/C22H27NO4S/c1-22(2,3)27-17-8-6-16(7-9-17)21-23(20(24)14-28-21)13-15-10-18(25-4)12-19(11-15)26-5/h6-12,21H,13-14H2,1-5H3. The molecule has 28 heavy (non-hydrogen) atoms. The van der Waals surface area contributed by atoms with Crippen molar-refractivity contribution in [3.63, 3.8) is 0 Å². The van der Waals surface area contributed by atoms with Gasteiger partial charge in [0.1, 0.15) is 28.2 Å². The van der Waals surface area contributed by atoms with Gasteiger partial charge in [-0.15, -0.1) is 11.8 Å². The number of carbonyl (C=O) groups is 1. The minimum atomic E-state index is -0.239. The lowest BCUT2D eigenvalue weighted by molar-refractivity contribution is -0.128. The Hall–Kier alpha value is -2.34. The van der Waals surface area contributed by atoms with Gasteiger partial charge in [0.2, 0.25) is 5.91 Å². The van der Waals surface area contributed by atoms with E-state index >= 15 is 0 Å². The van der Waals surface area contributed by atoms with Crippen LogP contribution in [0.3, 0.4) is 0 Å². The fourth-order valence-electron chi connectivity index (χ4n) is 3.11. The SMILES string of the molecule is COc1cc(CN2C(=O)CSC2c2ccc(OC(C)(C)C)cc2)cc(OC)c1. The molecule has 0 aliphatic carbocycles. The van der Waals surface area contributed by atoms with Crippen molar-refractivity contribution in [2.75, 3.05) is 20.0 Å². The van der Waals surface area contributed by atoms with Crippen molar-refractivity contribution in [3.8, 4) is 17.2 Å². The van der Waals surface area contributed by atoms with Crippen molar-refractivity contribution in [2.45, 2.75) is 38.3 Å². The lowest BCUT2D eigenvalue weighted by atomic mass is 10.1. The Balaban J connectivity index is 1.80. The molecule has 5 nitrogen and oxygen atoms in total. The van der Waals surface area contributed by atoms with Crippen LogP contribution in [0.4, 0.5) is 0 Å². The van der Waals surface area contributed by atoms with Gasteiger partial charge in [0, 0.05) is 12.6 Å². The summed E-state index contributed by atoms with van der Waals surface area (Å²) >= 11 is 1.64. The molecule has 150 valence electrons. The number of hydrogen-bond acceptors (Lipinski definition) is 5. The van der Waals surface area contributed by atoms with E-state index in [1.165, 1.54) is 0 Å². The van der Waals surface area contributed by atoms with Crippen LogP contribution in [-0.4, -0.2) is 36.4 Å². The summed E-state index contributed by atoms with van der Waals surface area (Å²) in [5.41, 5.74) is 1.83. The zero-order valence-electron chi connectivity index (χ0n) is 17.0. The first-order valence-corrected chi connectivity index (χ1v) is 10.3. The Morgan fingerprint density at radius 3 is 2.14 bits per heavy atom. The smallest absolute Gasteiger partial charge is 0.234 e. The van der Waals surface area contributed by atoms with Gasteiger partial charge in [-0.25, -0.2) is 0 Å². The molecule has 6 heteroatoms. The van der Waals surface area contributed by atoms with E-state index in [9.17, 15) is 4.79 Å². The first kappa shape index (κ1) is 20.4. The fraction of sp³-hybridized carbons (Fsp3) is 0.409. The van der Waals surface area contributed by atoms with Crippen LogP contribution < -0.4 is 14.2 Å². The molecule has 0 spiro atoms. The third-order valence-electron chi connectivity index (χ3n) is 4.32. The van der Waals surface area contributed by atoms with E-state index in [0.29, 0.717) is 23.8 Å². The molecule has 3 rings (SSSR count). The molecular weight excluding hydrogens is 374 g/mol. The molecule has 1 amide bonds. The molecule has 2 aromatic rings. The maximum atomic E-state index is 12.5. The van der Waals surface area contributed by atoms with E-state index in [1.54, 1.807) is 26.0 Å². The van der Waals surface area contributed by atoms with Crippen LogP contribution in [0.5, 0.6) is 17.2 Å². The molecule has 2 aromatic carbocycles. The van der Waals surface area contributed by atoms with Crippen LogP contribution in [0, 0.1) is 0 Å². The van der Waals surface area contributed by atoms with E-state index in [-0.39, 0.29) is 16.9 Å². The van der Waals surface area contributed by atoms with Crippen molar-refractivity contribution < 1.29 is 19.0 Å². The van der Waals surface area contributed by atoms with Crippen molar-refractivity contribution >= 4 is 17.7 Å². The van der Waals surface area contributed by atoms with Crippen LogP contribution in [0.2, 0.25) is 0 Å². The van der Waals surface area contributed by atoms with Crippen molar-refractivity contribution in [1.29, 1.82) is 0 Å². The molecule has 1 aliphatic rings. The number of methoxy groups -OCH3 is 2. The Kier molecular flexibility index (Phi) is 6.08. The fourth-order valence-corrected chi connectivity index (χ4v) is 4.30. The lowest BCUT2D eigenvalue weighted by Crippen LogP contribution is -2.27. The van der Waals surface area contributed by atoms with Gasteiger partial charge in [-0.1, -0.05) is 12.1 Å². The Bertz CT molecular complexity index is 807. The van der Waals surface area contributed by atoms with Crippen LogP contribution in [0.25, 0.3) is 0 Å². The van der Waals surface area contributed by atoms with E-state index in [1.807, 2.05) is 68.1 Å². The summed E-state index contributed by atoms with van der Waals surface area (Å²) in [6.07, 6.45) is 0. The van der Waals surface area contributed by atoms with E-state index < -0.39 is 0 Å². The molecule has 0 aromatic heterocycles. The van der Waals surface area contributed by atoms with Crippen LogP contribution in [0.1, 0.15) is 37.3 Å². The number of benzene rings is 2. The molecule has 0 N–H and O–H groups in total.